The van der Waals surface area contributed by atoms with Crippen molar-refractivity contribution in [3.63, 3.8) is 0 Å². The summed E-state index contributed by atoms with van der Waals surface area (Å²) in [5.41, 5.74) is 1.29. The van der Waals surface area contributed by atoms with Gasteiger partial charge in [-0.2, -0.15) is 0 Å². The van der Waals surface area contributed by atoms with Crippen molar-refractivity contribution in [2.24, 2.45) is 4.99 Å². The molecule has 0 unspecified atom stereocenters. The second kappa shape index (κ2) is 11.7. The third-order valence-corrected chi connectivity index (χ3v) is 4.44. The van der Waals surface area contributed by atoms with Crippen molar-refractivity contribution < 1.29 is 9.47 Å². The summed E-state index contributed by atoms with van der Waals surface area (Å²) in [5.74, 6) is 1.78. The lowest BCUT2D eigenvalue weighted by atomic mass is 10.1. The molecule has 5 heteroatoms. The van der Waals surface area contributed by atoms with Gasteiger partial charge in [0.15, 0.2) is 5.96 Å². The molecule has 2 N–H and O–H groups in total. The minimum absolute atomic E-state index is 0.500. The van der Waals surface area contributed by atoms with E-state index in [2.05, 4.69) is 34.7 Å². The topological polar surface area (TPSA) is 54.9 Å². The van der Waals surface area contributed by atoms with Gasteiger partial charge < -0.3 is 20.1 Å². The van der Waals surface area contributed by atoms with Crippen LogP contribution in [0.1, 0.15) is 44.6 Å². The van der Waals surface area contributed by atoms with Crippen LogP contribution in [0.2, 0.25) is 0 Å². The third kappa shape index (κ3) is 7.78. The molecule has 1 aromatic carbocycles. The number of rotatable bonds is 10. The van der Waals surface area contributed by atoms with Crippen molar-refractivity contribution >= 4 is 5.96 Å². The van der Waals surface area contributed by atoms with Gasteiger partial charge in [0, 0.05) is 26.2 Å². The second-order valence-electron chi connectivity index (χ2n) is 6.42. The molecule has 0 aliphatic heterocycles. The number of nitrogens with zero attached hydrogens (tertiary/aromatic N) is 1. The molecule has 0 saturated heterocycles. The highest BCUT2D eigenvalue weighted by Crippen LogP contribution is 2.20. The standard InChI is InChI=1S/C20H33N3O2/c1-3-21-20(22-14-6-16-25-19-7-4-5-8-19)23-15-13-17-9-11-18(24-2)12-10-17/h9-12,19H,3-8,13-16H2,1-2H3,(H2,21,22,23). The largest absolute Gasteiger partial charge is 0.497 e. The number of nitrogens with one attached hydrogen (secondary N) is 2. The van der Waals surface area contributed by atoms with Crippen molar-refractivity contribution in [1.29, 1.82) is 0 Å². The maximum atomic E-state index is 5.88. The van der Waals surface area contributed by atoms with Crippen molar-refractivity contribution in [1.82, 2.24) is 10.6 Å². The summed E-state index contributed by atoms with van der Waals surface area (Å²) in [4.78, 5) is 4.63. The molecular formula is C20H33N3O2. The maximum absolute atomic E-state index is 5.88. The van der Waals surface area contributed by atoms with Crippen LogP contribution in [0, 0.1) is 0 Å². The fraction of sp³-hybridized carbons (Fsp3) is 0.650. The van der Waals surface area contributed by atoms with Gasteiger partial charge in [0.2, 0.25) is 0 Å². The van der Waals surface area contributed by atoms with E-state index in [-0.39, 0.29) is 0 Å². The molecule has 0 atom stereocenters. The van der Waals surface area contributed by atoms with E-state index in [0.717, 1.165) is 50.8 Å². The van der Waals surface area contributed by atoms with Gasteiger partial charge in [-0.25, -0.2) is 0 Å². The Kier molecular flexibility index (Phi) is 9.19. The number of ether oxygens (including phenoxy) is 2. The van der Waals surface area contributed by atoms with E-state index in [1.54, 1.807) is 7.11 Å². The molecular weight excluding hydrogens is 314 g/mol. The normalized spacial score (nSPS) is 15.4. The molecule has 0 aromatic heterocycles. The molecule has 140 valence electrons. The van der Waals surface area contributed by atoms with E-state index in [1.807, 2.05) is 12.1 Å². The van der Waals surface area contributed by atoms with Gasteiger partial charge in [0.25, 0.3) is 0 Å². The van der Waals surface area contributed by atoms with Gasteiger partial charge in [-0.3, -0.25) is 4.99 Å². The van der Waals surface area contributed by atoms with E-state index >= 15 is 0 Å². The Morgan fingerprint density at radius 3 is 2.60 bits per heavy atom. The van der Waals surface area contributed by atoms with Gasteiger partial charge in [-0.1, -0.05) is 25.0 Å². The van der Waals surface area contributed by atoms with Crippen LogP contribution >= 0.6 is 0 Å². The number of benzene rings is 1. The molecule has 1 aliphatic carbocycles. The zero-order chi connectivity index (χ0) is 17.7. The first kappa shape index (κ1) is 19.6. The molecule has 25 heavy (non-hydrogen) atoms. The quantitative estimate of drug-likeness (QED) is 0.388. The van der Waals surface area contributed by atoms with Crippen LogP contribution in [0.25, 0.3) is 0 Å². The minimum atomic E-state index is 0.500. The van der Waals surface area contributed by atoms with Crippen LogP contribution in [0.3, 0.4) is 0 Å². The fourth-order valence-electron chi connectivity index (χ4n) is 3.02. The van der Waals surface area contributed by atoms with Gasteiger partial charge in [-0.05, 0) is 50.3 Å². The van der Waals surface area contributed by atoms with Crippen LogP contribution < -0.4 is 15.4 Å². The van der Waals surface area contributed by atoms with E-state index in [4.69, 9.17) is 9.47 Å². The number of methoxy groups -OCH3 is 1. The highest BCUT2D eigenvalue weighted by atomic mass is 16.5. The summed E-state index contributed by atoms with van der Waals surface area (Å²) in [5, 5.41) is 6.69. The molecule has 0 spiro atoms. The zero-order valence-electron chi connectivity index (χ0n) is 15.7. The average molecular weight is 348 g/mol. The summed E-state index contributed by atoms with van der Waals surface area (Å²) >= 11 is 0. The van der Waals surface area contributed by atoms with Gasteiger partial charge >= 0.3 is 0 Å². The molecule has 0 radical (unpaired) electrons. The fourth-order valence-corrected chi connectivity index (χ4v) is 3.02. The van der Waals surface area contributed by atoms with E-state index in [9.17, 15) is 0 Å². The first-order valence-corrected chi connectivity index (χ1v) is 9.58. The molecule has 1 aliphatic rings. The Hall–Kier alpha value is -1.75. The molecule has 1 saturated carbocycles. The van der Waals surface area contributed by atoms with Crippen molar-refractivity contribution in [2.75, 3.05) is 33.4 Å². The lowest BCUT2D eigenvalue weighted by Gasteiger charge is -2.12. The van der Waals surface area contributed by atoms with Gasteiger partial charge in [0.05, 0.1) is 13.2 Å². The summed E-state index contributed by atoms with van der Waals surface area (Å²) in [6, 6.07) is 8.20. The highest BCUT2D eigenvalue weighted by Gasteiger charge is 2.14. The molecule has 1 aromatic rings. The van der Waals surface area contributed by atoms with Gasteiger partial charge in [0.1, 0.15) is 5.75 Å². The Morgan fingerprint density at radius 2 is 1.92 bits per heavy atom. The second-order valence-corrected chi connectivity index (χ2v) is 6.42. The monoisotopic (exact) mass is 347 g/mol. The lowest BCUT2D eigenvalue weighted by molar-refractivity contribution is 0.0579. The summed E-state index contributed by atoms with van der Waals surface area (Å²) in [7, 11) is 1.69. The van der Waals surface area contributed by atoms with E-state index in [1.165, 1.54) is 31.2 Å². The smallest absolute Gasteiger partial charge is 0.191 e. The van der Waals surface area contributed by atoms with Gasteiger partial charge in [-0.15, -0.1) is 0 Å². The van der Waals surface area contributed by atoms with Crippen molar-refractivity contribution in [3.8, 4) is 5.75 Å². The summed E-state index contributed by atoms with van der Waals surface area (Å²) < 4.78 is 11.1. The predicted octanol–water partition coefficient (Wildman–Crippen LogP) is 3.14. The van der Waals surface area contributed by atoms with Crippen LogP contribution in [-0.4, -0.2) is 45.4 Å². The average Bonchev–Trinajstić information content (AvgIpc) is 3.15. The predicted molar refractivity (Wildman–Crippen MR) is 104 cm³/mol. The van der Waals surface area contributed by atoms with Crippen molar-refractivity contribution in [2.45, 2.75) is 51.6 Å². The van der Waals surface area contributed by atoms with Crippen LogP contribution in [0.4, 0.5) is 0 Å². The summed E-state index contributed by atoms with van der Waals surface area (Å²) in [6.45, 7) is 5.43. The third-order valence-electron chi connectivity index (χ3n) is 4.44. The van der Waals surface area contributed by atoms with Crippen LogP contribution in [0.5, 0.6) is 5.75 Å². The van der Waals surface area contributed by atoms with Crippen LogP contribution in [-0.2, 0) is 11.2 Å². The van der Waals surface area contributed by atoms with Crippen LogP contribution in [0.15, 0.2) is 29.3 Å². The first-order valence-electron chi connectivity index (χ1n) is 9.58. The SMILES string of the molecule is CCNC(=NCCCOC1CCCC1)NCCc1ccc(OC)cc1. The molecule has 0 heterocycles. The number of hydrogen-bond acceptors (Lipinski definition) is 3. The molecule has 0 amide bonds. The Labute approximate surface area is 152 Å². The number of guanidine groups is 1. The lowest BCUT2D eigenvalue weighted by Crippen LogP contribution is -2.38. The Balaban J connectivity index is 1.63. The van der Waals surface area contributed by atoms with Crippen molar-refractivity contribution in [3.05, 3.63) is 29.8 Å². The van der Waals surface area contributed by atoms with E-state index < -0.39 is 0 Å². The molecule has 1 fully saturated rings. The molecule has 2 rings (SSSR count). The molecule has 0 bridgehead atoms. The number of hydrogen-bond donors (Lipinski definition) is 2. The summed E-state index contributed by atoms with van der Waals surface area (Å²) in [6.07, 6.45) is 7.55. The maximum Gasteiger partial charge on any atom is 0.191 e. The van der Waals surface area contributed by atoms with E-state index in [0.29, 0.717) is 6.10 Å². The first-order chi connectivity index (χ1) is 12.3. The number of aliphatic imine (C=N–C) groups is 1. The Morgan fingerprint density at radius 1 is 1.16 bits per heavy atom. The Bertz CT molecular complexity index is 496. The zero-order valence-corrected chi connectivity index (χ0v) is 15.7. The highest BCUT2D eigenvalue weighted by molar-refractivity contribution is 5.79. The minimum Gasteiger partial charge on any atom is -0.497 e. The molecule has 5 nitrogen and oxygen atoms in total.